The van der Waals surface area contributed by atoms with Crippen molar-refractivity contribution in [1.82, 2.24) is 0 Å². The molecule has 38 heavy (non-hydrogen) atoms. The molecule has 0 amide bonds. The van der Waals surface area contributed by atoms with Crippen molar-refractivity contribution in [3.05, 3.63) is 113 Å². The van der Waals surface area contributed by atoms with Gasteiger partial charge >= 0.3 is 0 Å². The van der Waals surface area contributed by atoms with Gasteiger partial charge in [0.05, 0.1) is 20.3 Å². The Morgan fingerprint density at radius 2 is 1.08 bits per heavy atom. The van der Waals surface area contributed by atoms with Crippen LogP contribution < -0.4 is 0 Å². The van der Waals surface area contributed by atoms with Crippen molar-refractivity contribution in [1.29, 1.82) is 0 Å². The number of hydrogen-bond donors (Lipinski definition) is 0. The SMILES string of the molecule is Cc1ccc(C=C2[C@H]3C4=C([C@H]5CC[C@H]4C5)[C@H]2[C@@H](S(=O)(=O)c2ccccc2)[C@@H]3S(=O)(=O)c2ccccc2)cc1. The highest BCUT2D eigenvalue weighted by Crippen LogP contribution is 2.68. The standard InChI is InChI=1S/C32H30O4S2/c1-20-12-14-21(15-13-20)18-26-29-27-22-16-17-23(19-22)28(27)30(26)32(38(35,36)25-10-6-3-7-11-25)31(29)37(33,34)24-8-4-2-5-9-24/h2-15,18,22-23,29-32H,16-17,19H2,1H3/t22-,23-,29-,30-,31+,32+/m0/s1. The number of rotatable bonds is 5. The number of aryl methyl sites for hydroxylation is 1. The summed E-state index contributed by atoms with van der Waals surface area (Å²) in [5.41, 5.74) is 5.60. The van der Waals surface area contributed by atoms with E-state index < -0.39 is 42.0 Å². The summed E-state index contributed by atoms with van der Waals surface area (Å²) in [5, 5.41) is -2.09. The number of allylic oxidation sites excluding steroid dienone is 3. The second kappa shape index (κ2) is 8.52. The molecule has 2 saturated carbocycles. The lowest BCUT2D eigenvalue weighted by atomic mass is 9.82. The first kappa shape index (κ1) is 24.1. The normalized spacial score (nSPS) is 29.7. The van der Waals surface area contributed by atoms with Crippen LogP contribution in [0.1, 0.15) is 30.4 Å². The van der Waals surface area contributed by atoms with Crippen LogP contribution in [0, 0.1) is 30.6 Å². The van der Waals surface area contributed by atoms with E-state index >= 15 is 0 Å². The first-order valence-corrected chi connectivity index (χ1v) is 16.5. The molecular formula is C32H30O4S2. The topological polar surface area (TPSA) is 68.3 Å². The third kappa shape index (κ3) is 3.39. The van der Waals surface area contributed by atoms with Crippen molar-refractivity contribution >= 4 is 25.8 Å². The van der Waals surface area contributed by atoms with E-state index in [1.54, 1.807) is 60.7 Å². The molecule has 0 aromatic heterocycles. The summed E-state index contributed by atoms with van der Waals surface area (Å²) in [5.74, 6) is -0.0823. The summed E-state index contributed by atoms with van der Waals surface area (Å²) in [6.45, 7) is 2.04. The van der Waals surface area contributed by atoms with Gasteiger partial charge in [-0.25, -0.2) is 16.8 Å². The fraction of sp³-hybridized carbons (Fsp3) is 0.312. The predicted molar refractivity (Wildman–Crippen MR) is 149 cm³/mol. The molecule has 7 rings (SSSR count). The van der Waals surface area contributed by atoms with Gasteiger partial charge in [-0.15, -0.1) is 0 Å². The maximum absolute atomic E-state index is 14.4. The van der Waals surface area contributed by atoms with Crippen molar-refractivity contribution in [2.24, 2.45) is 23.7 Å². The first-order valence-electron chi connectivity index (χ1n) is 13.4. The molecule has 6 atom stereocenters. The lowest BCUT2D eigenvalue weighted by Crippen LogP contribution is -2.45. The molecular weight excluding hydrogens is 512 g/mol. The minimum absolute atomic E-state index is 0.200. The summed E-state index contributed by atoms with van der Waals surface area (Å²) < 4.78 is 57.7. The second-order valence-corrected chi connectivity index (χ2v) is 15.5. The number of fused-ring (bicyclic) bond motifs is 8. The van der Waals surface area contributed by atoms with E-state index in [1.807, 2.05) is 31.2 Å². The van der Waals surface area contributed by atoms with E-state index in [4.69, 9.17) is 0 Å². The zero-order valence-corrected chi connectivity index (χ0v) is 22.8. The van der Waals surface area contributed by atoms with Gasteiger partial charge in [0.15, 0.2) is 19.7 Å². The van der Waals surface area contributed by atoms with Crippen LogP contribution in [0.25, 0.3) is 6.08 Å². The minimum atomic E-state index is -3.95. The van der Waals surface area contributed by atoms with Gasteiger partial charge in [0, 0.05) is 11.8 Å². The Labute approximate surface area is 225 Å². The van der Waals surface area contributed by atoms with Crippen LogP contribution >= 0.6 is 0 Å². The van der Waals surface area contributed by atoms with Gasteiger partial charge in [-0.3, -0.25) is 0 Å². The molecule has 4 aliphatic carbocycles. The summed E-state index contributed by atoms with van der Waals surface area (Å²) in [7, 11) is -7.90. The molecule has 0 unspecified atom stereocenters. The minimum Gasteiger partial charge on any atom is -0.223 e. The molecule has 0 N–H and O–H groups in total. The molecule has 0 aliphatic heterocycles. The smallest absolute Gasteiger partial charge is 0.183 e. The summed E-state index contributed by atoms with van der Waals surface area (Å²) in [6, 6.07) is 25.0. The Kier molecular flexibility index (Phi) is 5.41. The van der Waals surface area contributed by atoms with Gasteiger partial charge in [0.1, 0.15) is 0 Å². The van der Waals surface area contributed by atoms with Crippen LogP contribution in [0.5, 0.6) is 0 Å². The van der Waals surface area contributed by atoms with Crippen LogP contribution in [0.3, 0.4) is 0 Å². The van der Waals surface area contributed by atoms with Gasteiger partial charge in [0.25, 0.3) is 0 Å². The van der Waals surface area contributed by atoms with E-state index in [-0.39, 0.29) is 9.79 Å². The lowest BCUT2D eigenvalue weighted by molar-refractivity contribution is 0.494. The van der Waals surface area contributed by atoms with Gasteiger partial charge in [-0.2, -0.15) is 0 Å². The van der Waals surface area contributed by atoms with E-state index in [2.05, 4.69) is 6.08 Å². The predicted octanol–water partition coefficient (Wildman–Crippen LogP) is 6.05. The highest BCUT2D eigenvalue weighted by Gasteiger charge is 2.67. The van der Waals surface area contributed by atoms with Gasteiger partial charge in [0.2, 0.25) is 0 Å². The molecule has 0 spiro atoms. The first-order chi connectivity index (χ1) is 18.3. The average Bonchev–Trinajstić information content (AvgIpc) is 3.70. The zero-order valence-electron chi connectivity index (χ0n) is 21.2. The number of sulfone groups is 2. The van der Waals surface area contributed by atoms with Crippen molar-refractivity contribution < 1.29 is 16.8 Å². The van der Waals surface area contributed by atoms with E-state index in [9.17, 15) is 16.8 Å². The second-order valence-electron chi connectivity index (χ2n) is 11.3. The van der Waals surface area contributed by atoms with Crippen LogP contribution in [-0.4, -0.2) is 27.3 Å². The molecule has 3 aromatic carbocycles. The third-order valence-electron chi connectivity index (χ3n) is 9.29. The van der Waals surface area contributed by atoms with Gasteiger partial charge in [-0.05, 0) is 67.9 Å². The fourth-order valence-corrected chi connectivity index (χ4v) is 12.8. The van der Waals surface area contributed by atoms with Crippen molar-refractivity contribution in [2.75, 3.05) is 0 Å². The van der Waals surface area contributed by atoms with Crippen molar-refractivity contribution in [3.8, 4) is 0 Å². The monoisotopic (exact) mass is 542 g/mol. The van der Waals surface area contributed by atoms with Crippen molar-refractivity contribution in [2.45, 2.75) is 46.5 Å². The van der Waals surface area contributed by atoms with Crippen LogP contribution in [0.15, 0.2) is 111 Å². The maximum atomic E-state index is 14.4. The van der Waals surface area contributed by atoms with E-state index in [1.165, 1.54) is 11.1 Å². The highest BCUT2D eigenvalue weighted by atomic mass is 32.2. The molecule has 6 heteroatoms. The van der Waals surface area contributed by atoms with Crippen LogP contribution in [0.2, 0.25) is 0 Å². The third-order valence-corrected chi connectivity index (χ3v) is 13.9. The number of hydrogen-bond acceptors (Lipinski definition) is 4. The molecule has 2 fully saturated rings. The zero-order chi connectivity index (χ0) is 26.2. The Morgan fingerprint density at radius 1 is 0.632 bits per heavy atom. The Balaban J connectivity index is 1.49. The summed E-state index contributed by atoms with van der Waals surface area (Å²) >= 11 is 0. The summed E-state index contributed by atoms with van der Waals surface area (Å²) in [4.78, 5) is 0.400. The van der Waals surface area contributed by atoms with Crippen LogP contribution in [-0.2, 0) is 19.7 Å². The van der Waals surface area contributed by atoms with Gasteiger partial charge < -0.3 is 0 Å². The Hall–Kier alpha value is -2.96. The summed E-state index contributed by atoms with van der Waals surface area (Å²) in [6.07, 6.45) is 5.27. The van der Waals surface area contributed by atoms with Gasteiger partial charge in [-0.1, -0.05) is 89.0 Å². The molecule has 4 nitrogen and oxygen atoms in total. The lowest BCUT2D eigenvalue weighted by Gasteiger charge is -2.35. The molecule has 0 heterocycles. The average molecular weight is 543 g/mol. The fourth-order valence-electron chi connectivity index (χ4n) is 7.83. The largest absolute Gasteiger partial charge is 0.223 e. The molecule has 194 valence electrons. The quantitative estimate of drug-likeness (QED) is 0.291. The van der Waals surface area contributed by atoms with Crippen LogP contribution in [0.4, 0.5) is 0 Å². The molecule has 4 bridgehead atoms. The highest BCUT2D eigenvalue weighted by molar-refractivity contribution is 7.96. The molecule has 0 radical (unpaired) electrons. The Bertz CT molecular complexity index is 1580. The number of benzene rings is 3. The van der Waals surface area contributed by atoms with E-state index in [0.717, 1.165) is 36.0 Å². The van der Waals surface area contributed by atoms with Crippen molar-refractivity contribution in [3.63, 3.8) is 0 Å². The molecule has 0 saturated heterocycles. The maximum Gasteiger partial charge on any atom is 0.183 e. The molecule has 4 aliphatic rings. The van der Waals surface area contributed by atoms with E-state index in [0.29, 0.717) is 11.8 Å². The molecule has 3 aromatic rings. The Morgan fingerprint density at radius 3 is 1.53 bits per heavy atom.